The van der Waals surface area contributed by atoms with Crippen molar-refractivity contribution in [2.75, 3.05) is 6.61 Å². The number of amides is 1. The number of pyridine rings is 1. The van der Waals surface area contributed by atoms with Crippen LogP contribution in [0.1, 0.15) is 36.7 Å². The number of rotatable bonds is 6. The van der Waals surface area contributed by atoms with Gasteiger partial charge in [0.1, 0.15) is 11.6 Å². The van der Waals surface area contributed by atoms with E-state index in [1.807, 2.05) is 0 Å². The van der Waals surface area contributed by atoms with Crippen molar-refractivity contribution < 1.29 is 27.1 Å². The van der Waals surface area contributed by atoms with E-state index in [4.69, 9.17) is 0 Å². The van der Waals surface area contributed by atoms with E-state index in [1.54, 1.807) is 19.1 Å². The Hall–Kier alpha value is -3.17. The normalized spacial score (nSPS) is 19.5. The lowest BCUT2D eigenvalue weighted by Crippen LogP contribution is -2.28. The molecule has 0 bridgehead atoms. The van der Waals surface area contributed by atoms with E-state index in [9.17, 15) is 22.4 Å². The third-order valence-corrected chi connectivity index (χ3v) is 4.94. The molecular formula is C20H18F4N4O2. The van der Waals surface area contributed by atoms with Gasteiger partial charge in [-0.3, -0.25) is 4.79 Å². The van der Waals surface area contributed by atoms with E-state index in [1.165, 1.54) is 24.4 Å². The van der Waals surface area contributed by atoms with E-state index in [-0.39, 0.29) is 35.5 Å². The molecule has 2 aromatic heterocycles. The smallest absolute Gasteiger partial charge is 0.422 e. The number of aromatic nitrogens is 3. The van der Waals surface area contributed by atoms with Crippen LogP contribution in [0.25, 0.3) is 11.0 Å². The molecule has 6 nitrogen and oxygen atoms in total. The number of imidazole rings is 1. The number of nitrogens with zero attached hydrogens (tertiary/aromatic N) is 2. The minimum absolute atomic E-state index is 0.0658. The molecule has 1 amide bonds. The third kappa shape index (κ3) is 4.52. The number of benzene rings is 1. The number of aromatic amines is 1. The molecule has 2 heterocycles. The Bertz CT molecular complexity index is 1060. The lowest BCUT2D eigenvalue weighted by Gasteiger charge is -2.15. The molecule has 0 aliphatic heterocycles. The van der Waals surface area contributed by atoms with Gasteiger partial charge in [-0.25, -0.2) is 14.4 Å². The second kappa shape index (κ2) is 7.58. The molecule has 0 spiro atoms. The van der Waals surface area contributed by atoms with Crippen molar-refractivity contribution in [3.63, 3.8) is 0 Å². The first-order valence-corrected chi connectivity index (χ1v) is 9.30. The van der Waals surface area contributed by atoms with Crippen LogP contribution in [0.3, 0.4) is 0 Å². The quantitative estimate of drug-likeness (QED) is 0.588. The van der Waals surface area contributed by atoms with Crippen LogP contribution >= 0.6 is 0 Å². The van der Waals surface area contributed by atoms with Crippen LogP contribution in [0.15, 0.2) is 36.5 Å². The predicted molar refractivity (Wildman–Crippen MR) is 99.2 cm³/mol. The summed E-state index contributed by atoms with van der Waals surface area (Å²) >= 11 is 0. The molecule has 3 atom stereocenters. The Labute approximate surface area is 168 Å². The summed E-state index contributed by atoms with van der Waals surface area (Å²) < 4.78 is 54.4. The van der Waals surface area contributed by atoms with E-state index in [0.717, 1.165) is 0 Å². The fourth-order valence-electron chi connectivity index (χ4n) is 3.26. The molecule has 1 aliphatic carbocycles. The highest BCUT2D eigenvalue weighted by molar-refractivity contribution is 5.83. The van der Waals surface area contributed by atoms with E-state index >= 15 is 0 Å². The van der Waals surface area contributed by atoms with Crippen LogP contribution in [0.4, 0.5) is 17.6 Å². The number of carbonyl (C=O) groups is 1. The Morgan fingerprint density at radius 1 is 1.33 bits per heavy atom. The monoisotopic (exact) mass is 422 g/mol. The second-order valence-electron chi connectivity index (χ2n) is 7.30. The second-order valence-corrected chi connectivity index (χ2v) is 7.30. The number of halogens is 4. The van der Waals surface area contributed by atoms with Crippen LogP contribution in [0.2, 0.25) is 0 Å². The number of nitrogens with one attached hydrogen (secondary N) is 2. The van der Waals surface area contributed by atoms with Crippen molar-refractivity contribution in [1.82, 2.24) is 20.3 Å². The molecule has 1 unspecified atom stereocenters. The molecule has 3 aromatic rings. The number of fused-ring (bicyclic) bond motifs is 1. The van der Waals surface area contributed by atoms with Crippen molar-refractivity contribution in [2.45, 2.75) is 31.5 Å². The van der Waals surface area contributed by atoms with Crippen molar-refractivity contribution in [3.8, 4) is 5.88 Å². The molecule has 2 N–H and O–H groups in total. The number of H-pyrrole nitrogens is 1. The summed E-state index contributed by atoms with van der Waals surface area (Å²) in [5, 5.41) is 2.88. The molecule has 1 aromatic carbocycles. The molecule has 0 radical (unpaired) electrons. The molecule has 0 saturated heterocycles. The number of hydrogen-bond acceptors (Lipinski definition) is 4. The van der Waals surface area contributed by atoms with Gasteiger partial charge in [0.05, 0.1) is 17.1 Å². The van der Waals surface area contributed by atoms with Crippen LogP contribution in [0, 0.1) is 11.7 Å². The first kappa shape index (κ1) is 20.1. The predicted octanol–water partition coefficient (Wildman–Crippen LogP) is 4.02. The summed E-state index contributed by atoms with van der Waals surface area (Å²) in [6.45, 7) is 0.343. The summed E-state index contributed by atoms with van der Waals surface area (Å²) in [7, 11) is 0. The SMILES string of the molecule is CC(NC(=O)[C@@H]1C[C@H]1c1nc2ccc(F)cc2[nH]1)c1ccc(OCC(F)(F)F)nc1. The molecule has 1 saturated carbocycles. The van der Waals surface area contributed by atoms with Crippen molar-refractivity contribution in [3.05, 3.63) is 53.7 Å². The standard InChI is InChI=1S/C20H18F4N4O2/c1-10(11-2-5-17(25-8-11)30-9-20(22,23)24)26-19(29)14-7-13(14)18-27-15-4-3-12(21)6-16(15)28-18/h2-6,8,10,13-14H,7,9H2,1H3,(H,26,29)(H,27,28)/t10?,13-,14-/m1/s1. The lowest BCUT2D eigenvalue weighted by molar-refractivity contribution is -0.154. The Balaban J connectivity index is 1.33. The molecular weight excluding hydrogens is 404 g/mol. The highest BCUT2D eigenvalue weighted by atomic mass is 19.4. The summed E-state index contributed by atoms with van der Waals surface area (Å²) in [6.07, 6.45) is -2.44. The van der Waals surface area contributed by atoms with Crippen LogP contribution < -0.4 is 10.1 Å². The van der Waals surface area contributed by atoms with E-state index in [2.05, 4.69) is 25.0 Å². The average molecular weight is 422 g/mol. The summed E-state index contributed by atoms with van der Waals surface area (Å²) in [6, 6.07) is 6.78. The maximum Gasteiger partial charge on any atom is 0.422 e. The van der Waals surface area contributed by atoms with Crippen LogP contribution in [-0.4, -0.2) is 33.6 Å². The molecule has 30 heavy (non-hydrogen) atoms. The zero-order valence-corrected chi connectivity index (χ0v) is 15.8. The summed E-state index contributed by atoms with van der Waals surface area (Å²) in [5.74, 6) is -0.324. The zero-order valence-electron chi connectivity index (χ0n) is 15.8. The number of alkyl halides is 3. The minimum atomic E-state index is -4.43. The lowest BCUT2D eigenvalue weighted by atomic mass is 10.1. The van der Waals surface area contributed by atoms with Crippen LogP contribution in [0.5, 0.6) is 5.88 Å². The van der Waals surface area contributed by atoms with Gasteiger partial charge in [0.15, 0.2) is 6.61 Å². The Morgan fingerprint density at radius 3 is 2.83 bits per heavy atom. The highest BCUT2D eigenvalue weighted by Crippen LogP contribution is 2.47. The van der Waals surface area contributed by atoms with Crippen LogP contribution in [-0.2, 0) is 4.79 Å². The molecule has 1 fully saturated rings. The number of carbonyl (C=O) groups excluding carboxylic acids is 1. The topological polar surface area (TPSA) is 79.9 Å². The highest BCUT2D eigenvalue weighted by Gasteiger charge is 2.46. The minimum Gasteiger partial charge on any atom is -0.468 e. The maximum atomic E-state index is 13.3. The summed E-state index contributed by atoms with van der Waals surface area (Å²) in [5.41, 5.74) is 1.87. The van der Waals surface area contributed by atoms with E-state index in [0.29, 0.717) is 28.8 Å². The van der Waals surface area contributed by atoms with Gasteiger partial charge in [-0.2, -0.15) is 13.2 Å². The Morgan fingerprint density at radius 2 is 2.13 bits per heavy atom. The first-order valence-electron chi connectivity index (χ1n) is 9.30. The first-order chi connectivity index (χ1) is 14.2. The average Bonchev–Trinajstić information content (AvgIpc) is 3.39. The molecule has 10 heteroatoms. The van der Waals surface area contributed by atoms with Gasteiger partial charge in [-0.05, 0) is 37.1 Å². The van der Waals surface area contributed by atoms with Gasteiger partial charge in [-0.1, -0.05) is 6.07 Å². The fourth-order valence-corrected chi connectivity index (χ4v) is 3.26. The van der Waals surface area contributed by atoms with Gasteiger partial charge in [0.2, 0.25) is 11.8 Å². The molecule has 158 valence electrons. The Kier molecular flexibility index (Phi) is 5.08. The number of ether oxygens (including phenoxy) is 1. The van der Waals surface area contributed by atoms with E-state index < -0.39 is 12.8 Å². The third-order valence-electron chi connectivity index (χ3n) is 4.94. The van der Waals surface area contributed by atoms with Gasteiger partial charge in [-0.15, -0.1) is 0 Å². The van der Waals surface area contributed by atoms with Gasteiger partial charge in [0, 0.05) is 24.1 Å². The maximum absolute atomic E-state index is 13.3. The number of hydrogen-bond donors (Lipinski definition) is 2. The molecule has 4 rings (SSSR count). The summed E-state index contributed by atoms with van der Waals surface area (Å²) in [4.78, 5) is 23.9. The van der Waals surface area contributed by atoms with Gasteiger partial charge in [0.25, 0.3) is 0 Å². The largest absolute Gasteiger partial charge is 0.468 e. The van der Waals surface area contributed by atoms with Crippen molar-refractivity contribution in [1.29, 1.82) is 0 Å². The zero-order chi connectivity index (χ0) is 21.5. The van der Waals surface area contributed by atoms with Crippen molar-refractivity contribution >= 4 is 16.9 Å². The van der Waals surface area contributed by atoms with Gasteiger partial charge >= 0.3 is 6.18 Å². The van der Waals surface area contributed by atoms with Crippen molar-refractivity contribution in [2.24, 2.45) is 5.92 Å². The fraction of sp³-hybridized carbons (Fsp3) is 0.350. The van der Waals surface area contributed by atoms with Gasteiger partial charge < -0.3 is 15.0 Å². The molecule has 1 aliphatic rings.